The molecule has 4 aromatic rings. The van der Waals surface area contributed by atoms with Crippen molar-refractivity contribution >= 4 is 33.3 Å². The molecule has 2 aromatic carbocycles. The van der Waals surface area contributed by atoms with E-state index in [-0.39, 0.29) is 17.1 Å². The molecule has 0 atom stereocenters. The number of benzene rings is 2. The number of aryl methyl sites for hydroxylation is 2. The molecule has 5 rings (SSSR count). The average molecular weight is 483 g/mol. The highest BCUT2D eigenvalue weighted by atomic mass is 32.2. The predicted molar refractivity (Wildman–Crippen MR) is 131 cm³/mol. The third-order valence-electron chi connectivity index (χ3n) is 5.68. The largest absolute Gasteiger partial charge is 0.497 e. The van der Waals surface area contributed by atoms with Crippen LogP contribution in [0.1, 0.15) is 23.3 Å². The molecular weight excluding hydrogens is 459 g/mol. The first-order valence-electron chi connectivity index (χ1n) is 10.9. The number of hydrogen-bond acceptors (Lipinski definition) is 6. The summed E-state index contributed by atoms with van der Waals surface area (Å²) >= 11 is 3.06. The second kappa shape index (κ2) is 9.57. The average Bonchev–Trinajstić information content (AvgIpc) is 3.21. The fraction of sp³-hybridized carbons (Fsp3) is 0.280. The molecule has 0 aliphatic heterocycles. The van der Waals surface area contributed by atoms with Crippen LogP contribution in [-0.4, -0.2) is 29.0 Å². The molecule has 1 aliphatic carbocycles. The first kappa shape index (κ1) is 22.0. The smallest absolute Gasteiger partial charge is 0.267 e. The molecule has 0 spiro atoms. The zero-order valence-corrected chi connectivity index (χ0v) is 19.8. The highest BCUT2D eigenvalue weighted by Gasteiger charge is 2.23. The standard InChI is InChI=1S/C25H23FN2O3S2/c1-30-17-8-6-7-16(15-17)28-24(29)22-18-9-2-5-12-21(18)33-23(22)27-25(28)32-14-13-31-20-11-4-3-10-19(20)26/h3-4,6-8,10-11,15H,2,5,9,12-14H2,1H3. The van der Waals surface area contributed by atoms with Crippen LogP contribution in [0.3, 0.4) is 0 Å². The Morgan fingerprint density at radius 3 is 2.85 bits per heavy atom. The van der Waals surface area contributed by atoms with Crippen molar-refractivity contribution in [2.45, 2.75) is 30.8 Å². The third kappa shape index (κ3) is 4.37. The molecule has 0 unspecified atom stereocenters. The van der Waals surface area contributed by atoms with Gasteiger partial charge in [0.1, 0.15) is 10.6 Å². The van der Waals surface area contributed by atoms with E-state index < -0.39 is 0 Å². The van der Waals surface area contributed by atoms with Crippen LogP contribution < -0.4 is 15.0 Å². The Bertz CT molecular complexity index is 1370. The maximum absolute atomic E-state index is 13.8. The molecule has 0 saturated heterocycles. The van der Waals surface area contributed by atoms with E-state index >= 15 is 0 Å². The summed E-state index contributed by atoms with van der Waals surface area (Å²) in [5, 5.41) is 1.33. The van der Waals surface area contributed by atoms with Crippen molar-refractivity contribution in [3.8, 4) is 17.2 Å². The summed E-state index contributed by atoms with van der Waals surface area (Å²) in [6, 6.07) is 13.8. The highest BCUT2D eigenvalue weighted by molar-refractivity contribution is 7.99. The van der Waals surface area contributed by atoms with Crippen LogP contribution >= 0.6 is 23.1 Å². The molecule has 5 nitrogen and oxygen atoms in total. The van der Waals surface area contributed by atoms with E-state index in [0.717, 1.165) is 41.5 Å². The minimum atomic E-state index is -0.389. The lowest BCUT2D eigenvalue weighted by molar-refractivity contribution is 0.325. The molecule has 8 heteroatoms. The Labute approximate surface area is 199 Å². The fourth-order valence-corrected chi connectivity index (χ4v) is 6.24. The molecule has 0 fully saturated rings. The van der Waals surface area contributed by atoms with Crippen LogP contribution in [0.25, 0.3) is 15.9 Å². The number of thiophene rings is 1. The lowest BCUT2D eigenvalue weighted by Crippen LogP contribution is -2.22. The summed E-state index contributed by atoms with van der Waals surface area (Å²) in [7, 11) is 1.61. The molecule has 33 heavy (non-hydrogen) atoms. The van der Waals surface area contributed by atoms with E-state index in [4.69, 9.17) is 14.5 Å². The quantitative estimate of drug-likeness (QED) is 0.194. The Morgan fingerprint density at radius 1 is 1.15 bits per heavy atom. The molecule has 2 heterocycles. The molecule has 1 aliphatic rings. The van der Waals surface area contributed by atoms with Gasteiger partial charge in [-0.05, 0) is 55.5 Å². The van der Waals surface area contributed by atoms with Gasteiger partial charge in [-0.1, -0.05) is 30.0 Å². The van der Waals surface area contributed by atoms with Gasteiger partial charge in [-0.3, -0.25) is 9.36 Å². The van der Waals surface area contributed by atoms with Crippen molar-refractivity contribution in [3.05, 3.63) is 75.1 Å². The van der Waals surface area contributed by atoms with Gasteiger partial charge in [0.2, 0.25) is 0 Å². The number of methoxy groups -OCH3 is 1. The molecule has 0 bridgehead atoms. The molecular formula is C25H23FN2O3S2. The van der Waals surface area contributed by atoms with E-state index in [2.05, 4.69) is 0 Å². The number of halogens is 1. The highest BCUT2D eigenvalue weighted by Crippen LogP contribution is 2.35. The van der Waals surface area contributed by atoms with E-state index in [1.54, 1.807) is 41.2 Å². The fourth-order valence-electron chi connectivity index (χ4n) is 4.11. The van der Waals surface area contributed by atoms with Gasteiger partial charge < -0.3 is 9.47 Å². The number of nitrogens with zero attached hydrogens (tertiary/aromatic N) is 2. The summed E-state index contributed by atoms with van der Waals surface area (Å²) < 4.78 is 26.5. The zero-order valence-electron chi connectivity index (χ0n) is 18.2. The van der Waals surface area contributed by atoms with Gasteiger partial charge in [-0.15, -0.1) is 11.3 Å². The Balaban J connectivity index is 1.52. The summed E-state index contributed by atoms with van der Waals surface area (Å²) in [5.41, 5.74) is 1.82. The monoisotopic (exact) mass is 482 g/mol. The summed E-state index contributed by atoms with van der Waals surface area (Å²) in [6.07, 6.45) is 4.18. The van der Waals surface area contributed by atoms with Crippen LogP contribution in [0.4, 0.5) is 4.39 Å². The summed E-state index contributed by atoms with van der Waals surface area (Å²) in [6.45, 7) is 0.290. The van der Waals surface area contributed by atoms with Crippen LogP contribution in [0.5, 0.6) is 11.5 Å². The zero-order chi connectivity index (χ0) is 22.8. The van der Waals surface area contributed by atoms with Crippen molar-refractivity contribution in [3.63, 3.8) is 0 Å². The Hall–Kier alpha value is -2.84. The predicted octanol–water partition coefficient (Wildman–Crippen LogP) is 5.64. The van der Waals surface area contributed by atoms with Crippen LogP contribution in [0.2, 0.25) is 0 Å². The summed E-state index contributed by atoms with van der Waals surface area (Å²) in [5.74, 6) is 1.02. The van der Waals surface area contributed by atoms with E-state index in [9.17, 15) is 9.18 Å². The second-order valence-corrected chi connectivity index (χ2v) is 9.90. The van der Waals surface area contributed by atoms with E-state index in [1.807, 2.05) is 24.3 Å². The van der Waals surface area contributed by atoms with Crippen LogP contribution in [0.15, 0.2) is 58.5 Å². The first-order chi connectivity index (χ1) is 16.2. The number of para-hydroxylation sites is 1. The number of thioether (sulfide) groups is 1. The van der Waals surface area contributed by atoms with Crippen molar-refractivity contribution in [2.75, 3.05) is 19.5 Å². The number of aromatic nitrogens is 2. The van der Waals surface area contributed by atoms with E-state index in [0.29, 0.717) is 29.0 Å². The minimum Gasteiger partial charge on any atom is -0.497 e. The Kier molecular flexibility index (Phi) is 6.37. The van der Waals surface area contributed by atoms with E-state index in [1.165, 1.54) is 22.7 Å². The maximum atomic E-state index is 13.8. The third-order valence-corrected chi connectivity index (χ3v) is 7.77. The van der Waals surface area contributed by atoms with Gasteiger partial charge in [0.25, 0.3) is 5.56 Å². The molecule has 170 valence electrons. The number of fused-ring (bicyclic) bond motifs is 3. The Morgan fingerprint density at radius 2 is 2.00 bits per heavy atom. The summed E-state index contributed by atoms with van der Waals surface area (Å²) in [4.78, 5) is 20.8. The normalized spacial score (nSPS) is 13.2. The first-order valence-corrected chi connectivity index (χ1v) is 12.7. The van der Waals surface area contributed by atoms with Crippen molar-refractivity contribution in [1.82, 2.24) is 9.55 Å². The molecule has 0 N–H and O–H groups in total. The van der Waals surface area contributed by atoms with Crippen molar-refractivity contribution in [2.24, 2.45) is 0 Å². The van der Waals surface area contributed by atoms with Crippen molar-refractivity contribution < 1.29 is 13.9 Å². The number of rotatable bonds is 7. The molecule has 2 aromatic heterocycles. The van der Waals surface area contributed by atoms with Gasteiger partial charge in [0, 0.05) is 16.7 Å². The number of ether oxygens (including phenoxy) is 2. The molecule has 0 saturated carbocycles. The minimum absolute atomic E-state index is 0.0508. The van der Waals surface area contributed by atoms with Crippen LogP contribution in [0, 0.1) is 5.82 Å². The van der Waals surface area contributed by atoms with Gasteiger partial charge in [-0.25, -0.2) is 9.37 Å². The lowest BCUT2D eigenvalue weighted by atomic mass is 9.97. The molecule has 0 amide bonds. The molecule has 0 radical (unpaired) electrons. The second-order valence-electron chi connectivity index (χ2n) is 7.75. The van der Waals surface area contributed by atoms with Gasteiger partial charge in [0.05, 0.1) is 24.8 Å². The van der Waals surface area contributed by atoms with Gasteiger partial charge in [0.15, 0.2) is 16.7 Å². The SMILES string of the molecule is COc1cccc(-n2c(SCCOc3ccccc3F)nc3sc4c(c3c2=O)CCCC4)c1. The van der Waals surface area contributed by atoms with Crippen LogP contribution in [-0.2, 0) is 12.8 Å². The number of hydrogen-bond donors (Lipinski definition) is 0. The van der Waals surface area contributed by atoms with Gasteiger partial charge >= 0.3 is 0 Å². The van der Waals surface area contributed by atoms with Gasteiger partial charge in [-0.2, -0.15) is 0 Å². The van der Waals surface area contributed by atoms with Crippen molar-refractivity contribution in [1.29, 1.82) is 0 Å². The maximum Gasteiger partial charge on any atom is 0.267 e. The lowest BCUT2D eigenvalue weighted by Gasteiger charge is -2.14. The topological polar surface area (TPSA) is 53.4 Å².